The highest BCUT2D eigenvalue weighted by atomic mass is 32.1. The zero-order valence-electron chi connectivity index (χ0n) is 16.1. The molecule has 0 aliphatic carbocycles. The van der Waals surface area contributed by atoms with E-state index in [1.54, 1.807) is 0 Å². The van der Waals surface area contributed by atoms with Gasteiger partial charge in [0.25, 0.3) is 0 Å². The molecule has 0 N–H and O–H groups in total. The highest BCUT2D eigenvalue weighted by molar-refractivity contribution is 7.26. The first kappa shape index (κ1) is 18.3. The van der Waals surface area contributed by atoms with Gasteiger partial charge in [0.2, 0.25) is 0 Å². The number of aryl methyl sites for hydroxylation is 3. The molecule has 0 aliphatic heterocycles. The van der Waals surface area contributed by atoms with Crippen LogP contribution in [0.1, 0.15) is 62.6 Å². The summed E-state index contributed by atoms with van der Waals surface area (Å²) in [5.41, 5.74) is 4.29. The number of benzene rings is 2. The van der Waals surface area contributed by atoms with E-state index in [1.807, 2.05) is 11.3 Å². The van der Waals surface area contributed by atoms with Crippen LogP contribution in [0, 0.1) is 13.8 Å². The smallest absolute Gasteiger partial charge is 0.123 e. The Balaban J connectivity index is 1.98. The molecule has 0 fully saturated rings. The fraction of sp³-hybridized carbons (Fsp3) is 0.478. The Kier molecular flexibility index (Phi) is 6.01. The molecule has 0 saturated carbocycles. The molecule has 1 heterocycles. The maximum Gasteiger partial charge on any atom is 0.123 e. The topological polar surface area (TPSA) is 9.23 Å². The first-order chi connectivity index (χ1) is 12.2. The lowest BCUT2D eigenvalue weighted by atomic mass is 9.99. The highest BCUT2D eigenvalue weighted by Gasteiger charge is 2.13. The molecule has 3 aromatic rings. The monoisotopic (exact) mass is 354 g/mol. The number of ether oxygens (including phenoxy) is 1. The second-order valence-corrected chi connectivity index (χ2v) is 8.07. The number of fused-ring (bicyclic) bond motifs is 3. The van der Waals surface area contributed by atoms with Gasteiger partial charge in [-0.1, -0.05) is 45.2 Å². The van der Waals surface area contributed by atoms with Crippen molar-refractivity contribution in [2.45, 2.75) is 66.2 Å². The summed E-state index contributed by atoms with van der Waals surface area (Å²) in [6.07, 6.45) is 7.56. The summed E-state index contributed by atoms with van der Waals surface area (Å²) in [4.78, 5) is 0. The Morgan fingerprint density at radius 3 is 2.24 bits per heavy atom. The van der Waals surface area contributed by atoms with Crippen molar-refractivity contribution in [2.24, 2.45) is 0 Å². The van der Waals surface area contributed by atoms with Crippen molar-refractivity contribution in [1.82, 2.24) is 0 Å². The van der Waals surface area contributed by atoms with E-state index in [9.17, 15) is 0 Å². The van der Waals surface area contributed by atoms with Gasteiger partial charge in [-0.05, 0) is 56.4 Å². The van der Waals surface area contributed by atoms with Gasteiger partial charge in [-0.2, -0.15) is 0 Å². The van der Waals surface area contributed by atoms with Crippen molar-refractivity contribution in [3.63, 3.8) is 0 Å². The minimum atomic E-state index is 0.790. The van der Waals surface area contributed by atoms with Crippen molar-refractivity contribution in [3.05, 3.63) is 41.0 Å². The van der Waals surface area contributed by atoms with Gasteiger partial charge in [0.1, 0.15) is 5.75 Å². The molecule has 0 aliphatic rings. The van der Waals surface area contributed by atoms with Gasteiger partial charge in [-0.15, -0.1) is 11.3 Å². The van der Waals surface area contributed by atoms with E-state index < -0.39 is 0 Å². The van der Waals surface area contributed by atoms with Crippen molar-refractivity contribution in [1.29, 1.82) is 0 Å². The van der Waals surface area contributed by atoms with Gasteiger partial charge in [-0.3, -0.25) is 0 Å². The molecule has 25 heavy (non-hydrogen) atoms. The molecule has 1 aromatic heterocycles. The van der Waals surface area contributed by atoms with Crippen LogP contribution in [-0.4, -0.2) is 6.61 Å². The predicted octanol–water partition coefficient (Wildman–Crippen LogP) is 7.58. The van der Waals surface area contributed by atoms with Crippen molar-refractivity contribution in [3.8, 4) is 5.75 Å². The van der Waals surface area contributed by atoms with E-state index in [0.717, 1.165) is 18.8 Å². The molecular formula is C23H30OS. The standard InChI is InChI=1S/C23H30OS/c1-5-7-8-9-10-18-11-12-19-20-13-14-21(24-15-6-2)17(4)23(20)25-22(19)16(18)3/h11-14H,5-10,15H2,1-4H3. The summed E-state index contributed by atoms with van der Waals surface area (Å²) in [5, 5.41) is 2.78. The van der Waals surface area contributed by atoms with Gasteiger partial charge >= 0.3 is 0 Å². The molecule has 0 spiro atoms. The lowest BCUT2D eigenvalue weighted by Crippen LogP contribution is -1.96. The quantitative estimate of drug-likeness (QED) is 0.379. The molecule has 0 atom stereocenters. The molecule has 0 unspecified atom stereocenters. The molecule has 1 nitrogen and oxygen atoms in total. The van der Waals surface area contributed by atoms with Crippen LogP contribution in [0.3, 0.4) is 0 Å². The normalized spacial score (nSPS) is 11.5. The molecule has 0 bridgehead atoms. The largest absolute Gasteiger partial charge is 0.493 e. The fourth-order valence-corrected chi connectivity index (χ4v) is 4.89. The summed E-state index contributed by atoms with van der Waals surface area (Å²) in [5.74, 6) is 1.04. The SMILES string of the molecule is CCCCCCc1ccc2c(sc3c(C)c(OCCC)ccc32)c1C. The lowest BCUT2D eigenvalue weighted by Gasteiger charge is -2.08. The third-order valence-electron chi connectivity index (χ3n) is 5.13. The maximum absolute atomic E-state index is 5.93. The zero-order chi connectivity index (χ0) is 17.8. The number of thiophene rings is 1. The van der Waals surface area contributed by atoms with Crippen LogP contribution in [0.15, 0.2) is 24.3 Å². The van der Waals surface area contributed by atoms with E-state index in [1.165, 1.54) is 69.0 Å². The average Bonchev–Trinajstić information content (AvgIpc) is 3.00. The third-order valence-corrected chi connectivity index (χ3v) is 6.59. The first-order valence-corrected chi connectivity index (χ1v) is 10.6. The summed E-state index contributed by atoms with van der Waals surface area (Å²) < 4.78 is 8.77. The van der Waals surface area contributed by atoms with Crippen molar-refractivity contribution in [2.75, 3.05) is 6.61 Å². The molecular weight excluding hydrogens is 324 g/mol. The number of rotatable bonds is 8. The van der Waals surface area contributed by atoms with E-state index in [0.29, 0.717) is 0 Å². The van der Waals surface area contributed by atoms with Gasteiger partial charge in [-0.25, -0.2) is 0 Å². The van der Waals surface area contributed by atoms with Gasteiger partial charge < -0.3 is 4.74 Å². The van der Waals surface area contributed by atoms with E-state index >= 15 is 0 Å². The van der Waals surface area contributed by atoms with Crippen LogP contribution in [0.4, 0.5) is 0 Å². The second kappa shape index (κ2) is 8.23. The van der Waals surface area contributed by atoms with Crippen LogP contribution in [0.25, 0.3) is 20.2 Å². The Hall–Kier alpha value is -1.54. The van der Waals surface area contributed by atoms with Crippen LogP contribution < -0.4 is 4.74 Å². The molecule has 3 rings (SSSR count). The lowest BCUT2D eigenvalue weighted by molar-refractivity contribution is 0.316. The summed E-state index contributed by atoms with van der Waals surface area (Å²) in [6.45, 7) is 9.71. The van der Waals surface area contributed by atoms with E-state index in [4.69, 9.17) is 4.74 Å². The summed E-state index contributed by atoms with van der Waals surface area (Å²) in [7, 11) is 0. The Morgan fingerprint density at radius 2 is 1.52 bits per heavy atom. The van der Waals surface area contributed by atoms with E-state index in [2.05, 4.69) is 52.0 Å². The predicted molar refractivity (Wildman–Crippen MR) is 112 cm³/mol. The molecule has 134 valence electrons. The number of unbranched alkanes of at least 4 members (excludes halogenated alkanes) is 3. The van der Waals surface area contributed by atoms with Gasteiger partial charge in [0.15, 0.2) is 0 Å². The van der Waals surface area contributed by atoms with Crippen LogP contribution in [0.2, 0.25) is 0 Å². The summed E-state index contributed by atoms with van der Waals surface area (Å²) >= 11 is 1.94. The van der Waals surface area contributed by atoms with Gasteiger partial charge in [0.05, 0.1) is 6.61 Å². The average molecular weight is 355 g/mol. The van der Waals surface area contributed by atoms with E-state index in [-0.39, 0.29) is 0 Å². The van der Waals surface area contributed by atoms with Crippen LogP contribution >= 0.6 is 11.3 Å². The maximum atomic E-state index is 5.93. The molecule has 0 saturated heterocycles. The zero-order valence-corrected chi connectivity index (χ0v) is 16.9. The number of hydrogen-bond donors (Lipinski definition) is 0. The van der Waals surface area contributed by atoms with Crippen LogP contribution in [-0.2, 0) is 6.42 Å². The molecule has 0 amide bonds. The number of hydrogen-bond acceptors (Lipinski definition) is 2. The third kappa shape index (κ3) is 3.69. The second-order valence-electron chi connectivity index (χ2n) is 7.05. The fourth-order valence-electron chi connectivity index (χ4n) is 3.58. The Morgan fingerprint density at radius 1 is 0.800 bits per heavy atom. The molecule has 2 heteroatoms. The summed E-state index contributed by atoms with van der Waals surface area (Å²) in [6, 6.07) is 9.08. The molecule has 2 aromatic carbocycles. The minimum absolute atomic E-state index is 0.790. The van der Waals surface area contributed by atoms with Crippen LogP contribution in [0.5, 0.6) is 5.75 Å². The first-order valence-electron chi connectivity index (χ1n) is 9.74. The van der Waals surface area contributed by atoms with Crippen molar-refractivity contribution >= 4 is 31.5 Å². The van der Waals surface area contributed by atoms with Gasteiger partial charge in [0, 0.05) is 25.7 Å². The Bertz CT molecular complexity index is 860. The van der Waals surface area contributed by atoms with Crippen molar-refractivity contribution < 1.29 is 4.74 Å². The minimum Gasteiger partial charge on any atom is -0.493 e. The highest BCUT2D eigenvalue weighted by Crippen LogP contribution is 2.41. The Labute approximate surface area is 156 Å². The molecule has 0 radical (unpaired) electrons.